The Balaban J connectivity index is 3.58. The Bertz CT molecular complexity index is 193. The third-order valence-electron chi connectivity index (χ3n) is 0.730. The minimum Gasteiger partial charge on any atom is -0.340 e. The van der Waals surface area contributed by atoms with Crippen molar-refractivity contribution >= 4 is 24.8 Å². The molecular formula is C5H6N2O6. The van der Waals surface area contributed by atoms with Gasteiger partial charge in [-0.05, 0) is 0 Å². The molecule has 0 aliphatic heterocycles. The molecule has 0 aliphatic carbocycles. The predicted molar refractivity (Wildman–Crippen MR) is 35.2 cm³/mol. The van der Waals surface area contributed by atoms with Gasteiger partial charge in [-0.25, -0.2) is 9.59 Å². The lowest BCUT2D eigenvalue weighted by atomic mass is 10.4. The molecule has 0 saturated heterocycles. The number of rotatable bonds is 6. The van der Waals surface area contributed by atoms with Crippen LogP contribution in [0.3, 0.4) is 0 Å². The van der Waals surface area contributed by atoms with Gasteiger partial charge in [0.05, 0.1) is 0 Å². The summed E-state index contributed by atoms with van der Waals surface area (Å²) in [4.78, 5) is 48.2. The molecule has 0 saturated carbocycles. The van der Waals surface area contributed by atoms with Crippen molar-refractivity contribution in [1.29, 1.82) is 0 Å². The lowest BCUT2D eigenvalue weighted by Gasteiger charge is -2.00. The highest BCUT2D eigenvalue weighted by molar-refractivity contribution is 5.91. The molecular weight excluding hydrogens is 184 g/mol. The van der Waals surface area contributed by atoms with Crippen LogP contribution < -0.4 is 11.0 Å². The Hall–Kier alpha value is -2.12. The van der Waals surface area contributed by atoms with E-state index in [4.69, 9.17) is 0 Å². The SMILES string of the molecule is O=CNOC(=O)CC(=O)ONC=O. The molecule has 0 bridgehead atoms. The molecule has 13 heavy (non-hydrogen) atoms. The molecule has 8 heteroatoms. The van der Waals surface area contributed by atoms with Crippen molar-refractivity contribution in [3.05, 3.63) is 0 Å². The molecule has 0 spiro atoms. The van der Waals surface area contributed by atoms with Crippen LogP contribution in [-0.4, -0.2) is 24.8 Å². The van der Waals surface area contributed by atoms with Crippen LogP contribution >= 0.6 is 0 Å². The van der Waals surface area contributed by atoms with Gasteiger partial charge >= 0.3 is 11.9 Å². The van der Waals surface area contributed by atoms with Crippen LogP contribution in [0.15, 0.2) is 0 Å². The lowest BCUT2D eigenvalue weighted by molar-refractivity contribution is -0.165. The third-order valence-corrected chi connectivity index (χ3v) is 0.730. The Morgan fingerprint density at radius 1 is 1.00 bits per heavy atom. The first-order valence-corrected chi connectivity index (χ1v) is 2.98. The summed E-state index contributed by atoms with van der Waals surface area (Å²) in [5, 5.41) is 0. The molecule has 72 valence electrons. The Kier molecular flexibility index (Phi) is 5.51. The predicted octanol–water partition coefficient (Wildman–Crippen LogP) is -2.22. The summed E-state index contributed by atoms with van der Waals surface area (Å²) in [7, 11) is 0. The van der Waals surface area contributed by atoms with Crippen molar-refractivity contribution in [3.8, 4) is 0 Å². The van der Waals surface area contributed by atoms with Crippen molar-refractivity contribution in [1.82, 2.24) is 11.0 Å². The highest BCUT2D eigenvalue weighted by Crippen LogP contribution is 1.85. The number of hydroxylamine groups is 2. The van der Waals surface area contributed by atoms with Gasteiger partial charge in [-0.3, -0.25) is 9.59 Å². The highest BCUT2D eigenvalue weighted by Gasteiger charge is 2.12. The van der Waals surface area contributed by atoms with Crippen LogP contribution in [0.25, 0.3) is 0 Å². The van der Waals surface area contributed by atoms with Gasteiger partial charge in [-0.2, -0.15) is 11.0 Å². The molecule has 0 aliphatic rings. The largest absolute Gasteiger partial charge is 0.343 e. The van der Waals surface area contributed by atoms with Gasteiger partial charge in [0.25, 0.3) is 0 Å². The van der Waals surface area contributed by atoms with E-state index in [2.05, 4.69) is 9.68 Å². The zero-order chi connectivity index (χ0) is 10.1. The first kappa shape index (κ1) is 10.9. The lowest BCUT2D eigenvalue weighted by Crippen LogP contribution is -2.24. The monoisotopic (exact) mass is 190 g/mol. The molecule has 0 heterocycles. The maximum Gasteiger partial charge on any atom is 0.343 e. The van der Waals surface area contributed by atoms with Crippen LogP contribution in [0.4, 0.5) is 0 Å². The normalized spacial score (nSPS) is 8.00. The van der Waals surface area contributed by atoms with E-state index in [1.165, 1.54) is 0 Å². The maximum atomic E-state index is 10.5. The van der Waals surface area contributed by atoms with E-state index in [9.17, 15) is 19.2 Å². The molecule has 2 N–H and O–H groups in total. The molecule has 0 aromatic rings. The molecule has 0 atom stereocenters. The number of nitrogens with one attached hydrogen (secondary N) is 2. The molecule has 0 fully saturated rings. The molecule has 0 aromatic heterocycles. The highest BCUT2D eigenvalue weighted by atomic mass is 16.7. The average molecular weight is 190 g/mol. The van der Waals surface area contributed by atoms with Crippen LogP contribution in [0.1, 0.15) is 6.42 Å². The van der Waals surface area contributed by atoms with Crippen molar-refractivity contribution in [2.24, 2.45) is 0 Å². The Morgan fingerprint density at radius 3 is 1.69 bits per heavy atom. The van der Waals surface area contributed by atoms with E-state index < -0.39 is 18.4 Å². The minimum atomic E-state index is -1.01. The fourth-order valence-electron chi connectivity index (χ4n) is 0.370. The van der Waals surface area contributed by atoms with Crippen molar-refractivity contribution in [2.45, 2.75) is 6.42 Å². The number of carbonyl (C=O) groups excluding carboxylic acids is 4. The average Bonchev–Trinajstić information content (AvgIpc) is 2.11. The van der Waals surface area contributed by atoms with Crippen molar-refractivity contribution < 1.29 is 28.9 Å². The molecule has 0 rings (SSSR count). The fraction of sp³-hybridized carbons (Fsp3) is 0.200. The molecule has 0 radical (unpaired) electrons. The maximum absolute atomic E-state index is 10.5. The van der Waals surface area contributed by atoms with E-state index in [1.54, 1.807) is 11.0 Å². The van der Waals surface area contributed by atoms with Gasteiger partial charge in [0.1, 0.15) is 6.42 Å². The summed E-state index contributed by atoms with van der Waals surface area (Å²) in [5.41, 5.74) is 3.16. The standard InChI is InChI=1S/C5H6N2O6/c8-2-6-12-4(10)1-5(11)13-7-3-9/h2-3H,1H2,(H,6,8)(H,7,9). The van der Waals surface area contributed by atoms with E-state index in [0.29, 0.717) is 0 Å². The minimum absolute atomic E-state index is 0.118. The summed E-state index contributed by atoms with van der Waals surface area (Å²) in [6, 6.07) is 0. The van der Waals surface area contributed by atoms with Crippen LogP contribution in [0.5, 0.6) is 0 Å². The van der Waals surface area contributed by atoms with Crippen LogP contribution in [-0.2, 0) is 28.9 Å². The Morgan fingerprint density at radius 2 is 1.38 bits per heavy atom. The van der Waals surface area contributed by atoms with Crippen molar-refractivity contribution in [2.75, 3.05) is 0 Å². The van der Waals surface area contributed by atoms with E-state index >= 15 is 0 Å². The molecule has 0 unspecified atom stereocenters. The zero-order valence-corrected chi connectivity index (χ0v) is 6.31. The number of carbonyl (C=O) groups is 4. The van der Waals surface area contributed by atoms with Crippen molar-refractivity contribution in [3.63, 3.8) is 0 Å². The van der Waals surface area contributed by atoms with Gasteiger partial charge < -0.3 is 9.68 Å². The molecule has 2 amide bonds. The second-order valence-corrected chi connectivity index (χ2v) is 1.60. The van der Waals surface area contributed by atoms with E-state index in [0.717, 1.165) is 0 Å². The summed E-state index contributed by atoms with van der Waals surface area (Å²) < 4.78 is 0. The number of hydrogen-bond acceptors (Lipinski definition) is 6. The van der Waals surface area contributed by atoms with Gasteiger partial charge in [0.15, 0.2) is 0 Å². The number of amides is 2. The fourth-order valence-corrected chi connectivity index (χ4v) is 0.370. The zero-order valence-electron chi connectivity index (χ0n) is 6.31. The topological polar surface area (TPSA) is 111 Å². The van der Waals surface area contributed by atoms with Crippen LogP contribution in [0, 0.1) is 0 Å². The quantitative estimate of drug-likeness (QED) is 0.279. The first-order chi connectivity index (χ1) is 6.20. The summed E-state index contributed by atoms with van der Waals surface area (Å²) in [6.45, 7) is 0. The Labute approximate surface area is 72.1 Å². The van der Waals surface area contributed by atoms with Gasteiger partial charge in [-0.15, -0.1) is 0 Å². The summed E-state index contributed by atoms with van der Waals surface area (Å²) >= 11 is 0. The van der Waals surface area contributed by atoms with Gasteiger partial charge in [0.2, 0.25) is 12.8 Å². The number of hydrogen-bond donors (Lipinski definition) is 2. The molecule has 8 nitrogen and oxygen atoms in total. The second-order valence-electron chi connectivity index (χ2n) is 1.60. The van der Waals surface area contributed by atoms with E-state index in [-0.39, 0.29) is 12.8 Å². The smallest absolute Gasteiger partial charge is 0.340 e. The third kappa shape index (κ3) is 6.28. The van der Waals surface area contributed by atoms with Gasteiger partial charge in [-0.1, -0.05) is 0 Å². The second kappa shape index (κ2) is 6.58. The summed E-state index contributed by atoms with van der Waals surface area (Å²) in [6.07, 6.45) is -0.485. The first-order valence-electron chi connectivity index (χ1n) is 2.98. The molecule has 0 aromatic carbocycles. The van der Waals surface area contributed by atoms with Gasteiger partial charge in [0, 0.05) is 0 Å². The van der Waals surface area contributed by atoms with Crippen LogP contribution in [0.2, 0.25) is 0 Å². The van der Waals surface area contributed by atoms with E-state index in [1.807, 2.05) is 0 Å². The summed E-state index contributed by atoms with van der Waals surface area (Å²) in [5.74, 6) is -2.02.